The van der Waals surface area contributed by atoms with Gasteiger partial charge in [0.2, 0.25) is 0 Å². The van der Waals surface area contributed by atoms with Crippen LogP contribution >= 0.6 is 0 Å². The molecule has 2 heteroatoms. The highest BCUT2D eigenvalue weighted by molar-refractivity contribution is 6.28. The topological polar surface area (TPSA) is 26.3 Å². The van der Waals surface area contributed by atoms with Gasteiger partial charge in [0.25, 0.3) is 0 Å². The van der Waals surface area contributed by atoms with Crippen LogP contribution < -0.4 is 0 Å². The molecule has 0 unspecified atom stereocenters. The molecule has 0 spiro atoms. The van der Waals surface area contributed by atoms with E-state index in [2.05, 4.69) is 370 Å². The lowest BCUT2D eigenvalue weighted by molar-refractivity contribution is 0.668. The second-order valence-corrected chi connectivity index (χ2v) is 28.3. The van der Waals surface area contributed by atoms with Crippen molar-refractivity contribution in [1.29, 1.82) is 0 Å². The van der Waals surface area contributed by atoms with Crippen LogP contribution in [0.4, 0.5) is 0 Å². The molecule has 0 saturated carbocycles. The number of hydrogen-bond acceptors (Lipinski definition) is 2. The molecule has 0 aliphatic heterocycles. The first-order chi connectivity index (χ1) is 52.6. The summed E-state index contributed by atoms with van der Waals surface area (Å²) in [6.07, 6.45) is 0. The monoisotopic (exact) mass is 1340 g/mol. The number of hydrogen-bond donors (Lipinski definition) is 0. The van der Waals surface area contributed by atoms with Gasteiger partial charge in [0, 0.05) is 21.5 Å². The quantitative estimate of drug-likeness (QED) is 0.135. The Morgan fingerprint density at radius 1 is 0.123 bits per heavy atom. The predicted octanol–water partition coefficient (Wildman–Crippen LogP) is 29.7. The second-order valence-electron chi connectivity index (χ2n) is 28.3. The molecule has 0 radical (unpaired) electrons. The standard InChI is InChI=1S/C104H62O2/c1-2-24-65-58-68(45-44-63(65)22-1)72-27-5-10-33-83(72)101-84-34-11-13-36-86(84)102(87-37-14-12-35-85(87)101)92-56-54-74(76-29-7-9-31-79(76)92)70-48-51-82-96-60-67(49-57-98(96)106-100(82)62-70)66-46-52-94(95(59-66)77-42-21-25-64-23-3-4-26-71(64)77)104-90-40-17-15-38-88(90)103(89-39-16-18-41-91(89)104)93-55-53-73(75-28-6-8-30-78(75)93)69-47-50-81-80-32-19-20-43-97(80)105-99(81)61-69/h1-62H. The molecule has 106 heavy (non-hydrogen) atoms. The molecule has 20 aromatic carbocycles. The fourth-order valence-corrected chi connectivity index (χ4v) is 17.9. The van der Waals surface area contributed by atoms with Crippen LogP contribution in [0.15, 0.2) is 385 Å². The zero-order valence-electron chi connectivity index (χ0n) is 57.6. The van der Waals surface area contributed by atoms with Gasteiger partial charge in [0.15, 0.2) is 0 Å². The summed E-state index contributed by atoms with van der Waals surface area (Å²) in [5.41, 5.74) is 24.8. The highest BCUT2D eigenvalue weighted by Crippen LogP contribution is 2.53. The zero-order chi connectivity index (χ0) is 69.5. The van der Waals surface area contributed by atoms with Gasteiger partial charge in [0.05, 0.1) is 0 Å². The van der Waals surface area contributed by atoms with Crippen molar-refractivity contribution in [2.24, 2.45) is 0 Å². The van der Waals surface area contributed by atoms with Crippen molar-refractivity contribution in [1.82, 2.24) is 0 Å². The smallest absolute Gasteiger partial charge is 0.136 e. The molecule has 490 valence electrons. The lowest BCUT2D eigenvalue weighted by Gasteiger charge is -2.22. The second kappa shape index (κ2) is 23.8. The Balaban J connectivity index is 0.656. The normalized spacial score (nSPS) is 12.0. The fourth-order valence-electron chi connectivity index (χ4n) is 17.9. The van der Waals surface area contributed by atoms with Crippen LogP contribution in [0.3, 0.4) is 0 Å². The van der Waals surface area contributed by atoms with Crippen molar-refractivity contribution in [2.75, 3.05) is 0 Å². The highest BCUT2D eigenvalue weighted by Gasteiger charge is 2.26. The number of para-hydroxylation sites is 1. The van der Waals surface area contributed by atoms with Crippen LogP contribution in [-0.2, 0) is 0 Å². The van der Waals surface area contributed by atoms with Gasteiger partial charge in [0.1, 0.15) is 22.3 Å². The summed E-state index contributed by atoms with van der Waals surface area (Å²) in [6, 6.07) is 139. The van der Waals surface area contributed by atoms with E-state index in [0.29, 0.717) is 0 Å². The van der Waals surface area contributed by atoms with Crippen molar-refractivity contribution in [3.05, 3.63) is 376 Å². The highest BCUT2D eigenvalue weighted by atomic mass is 16.3. The molecule has 22 aromatic rings. The molecule has 2 aromatic heterocycles. The average Bonchev–Trinajstić information content (AvgIpc) is 1.08. The van der Waals surface area contributed by atoms with E-state index in [9.17, 15) is 0 Å². The van der Waals surface area contributed by atoms with E-state index in [4.69, 9.17) is 8.83 Å². The molecule has 22 rings (SSSR count). The van der Waals surface area contributed by atoms with E-state index in [1.54, 1.807) is 0 Å². The Hall–Kier alpha value is -13.9. The summed E-state index contributed by atoms with van der Waals surface area (Å²) in [5.74, 6) is 0. The zero-order valence-corrected chi connectivity index (χ0v) is 57.6. The summed E-state index contributed by atoms with van der Waals surface area (Å²) in [7, 11) is 0. The largest absolute Gasteiger partial charge is 0.456 e. The van der Waals surface area contributed by atoms with E-state index in [1.807, 2.05) is 6.07 Å². The number of fused-ring (bicyclic) bond motifs is 14. The van der Waals surface area contributed by atoms with Crippen molar-refractivity contribution in [3.63, 3.8) is 0 Å². The molecule has 0 saturated heterocycles. The third kappa shape index (κ3) is 9.31. The minimum Gasteiger partial charge on any atom is -0.456 e. The maximum atomic E-state index is 6.92. The van der Waals surface area contributed by atoms with Crippen LogP contribution in [0.1, 0.15) is 0 Å². The van der Waals surface area contributed by atoms with Crippen LogP contribution in [-0.4, -0.2) is 0 Å². The third-order valence-electron chi connectivity index (χ3n) is 22.7. The van der Waals surface area contributed by atoms with Gasteiger partial charge in [-0.05, 0) is 241 Å². The summed E-state index contributed by atoms with van der Waals surface area (Å²) >= 11 is 0. The van der Waals surface area contributed by atoms with Crippen LogP contribution in [0.2, 0.25) is 0 Å². The summed E-state index contributed by atoms with van der Waals surface area (Å²) in [6.45, 7) is 0. The Morgan fingerprint density at radius 3 is 1.01 bits per heavy atom. The molecule has 0 fully saturated rings. The predicted molar refractivity (Wildman–Crippen MR) is 450 cm³/mol. The van der Waals surface area contributed by atoms with Gasteiger partial charge in [-0.15, -0.1) is 0 Å². The van der Waals surface area contributed by atoms with Gasteiger partial charge in [-0.2, -0.15) is 0 Å². The Bertz CT molecular complexity index is 7350. The number of furan rings is 2. The molecule has 0 amide bonds. The SMILES string of the molecule is c1ccc(-c2c3ccccc3c(-c3ccc(-c4ccc5c(c4)oc4ccc(-c6ccc(-c7c8ccccc8c(-c8ccc(-c9ccc%10c(c9)oc9ccccc9%10)c9ccccc89)c8ccccc78)c(-c7cccc8ccccc78)c6)cc45)c4ccccc34)c3ccccc23)c(-c2ccc3ccccc3c2)c1. The maximum Gasteiger partial charge on any atom is 0.136 e. The first kappa shape index (κ1) is 59.7. The molecule has 0 atom stereocenters. The van der Waals surface area contributed by atoms with Gasteiger partial charge < -0.3 is 8.83 Å². The minimum atomic E-state index is 0.855. The van der Waals surface area contributed by atoms with Crippen molar-refractivity contribution >= 4 is 130 Å². The molecular weight excluding hydrogens is 1280 g/mol. The van der Waals surface area contributed by atoms with Gasteiger partial charge in [-0.25, -0.2) is 0 Å². The van der Waals surface area contributed by atoms with Crippen LogP contribution in [0.25, 0.3) is 230 Å². The third-order valence-corrected chi connectivity index (χ3v) is 22.7. The average molecular weight is 1340 g/mol. The molecule has 0 bridgehead atoms. The van der Waals surface area contributed by atoms with Gasteiger partial charge >= 0.3 is 0 Å². The Morgan fingerprint density at radius 2 is 0.453 bits per heavy atom. The Labute approximate surface area is 611 Å². The van der Waals surface area contributed by atoms with E-state index < -0.39 is 0 Å². The summed E-state index contributed by atoms with van der Waals surface area (Å²) < 4.78 is 13.4. The lowest BCUT2D eigenvalue weighted by atomic mass is 9.81. The lowest BCUT2D eigenvalue weighted by Crippen LogP contribution is -1.95. The minimum absolute atomic E-state index is 0.855. The van der Waals surface area contributed by atoms with E-state index in [-0.39, 0.29) is 0 Å². The molecule has 0 N–H and O–H groups in total. The molecule has 0 aliphatic carbocycles. The van der Waals surface area contributed by atoms with E-state index in [0.717, 1.165) is 71.7 Å². The summed E-state index contributed by atoms with van der Waals surface area (Å²) in [5, 5.41) is 23.8. The molecule has 2 nitrogen and oxygen atoms in total. The molecule has 0 aliphatic rings. The maximum absolute atomic E-state index is 6.92. The van der Waals surface area contributed by atoms with Crippen molar-refractivity contribution in [2.45, 2.75) is 0 Å². The number of rotatable bonds is 9. The first-order valence-electron chi connectivity index (χ1n) is 36.6. The van der Waals surface area contributed by atoms with Crippen molar-refractivity contribution in [3.8, 4) is 100 Å². The molecule has 2 heterocycles. The first-order valence-corrected chi connectivity index (χ1v) is 36.6. The van der Waals surface area contributed by atoms with Gasteiger partial charge in [-0.1, -0.05) is 322 Å². The summed E-state index contributed by atoms with van der Waals surface area (Å²) in [4.78, 5) is 0. The van der Waals surface area contributed by atoms with Crippen LogP contribution in [0, 0.1) is 0 Å². The van der Waals surface area contributed by atoms with E-state index >= 15 is 0 Å². The number of benzene rings is 20. The van der Waals surface area contributed by atoms with Crippen molar-refractivity contribution < 1.29 is 8.83 Å². The fraction of sp³-hybridized carbons (Fsp3) is 0. The van der Waals surface area contributed by atoms with E-state index in [1.165, 1.54) is 159 Å². The van der Waals surface area contributed by atoms with Gasteiger partial charge in [-0.3, -0.25) is 0 Å². The van der Waals surface area contributed by atoms with Crippen LogP contribution in [0.5, 0.6) is 0 Å². The Kier molecular flexibility index (Phi) is 13.4. The molecular formula is C104H62O2.